The number of pyridine rings is 1. The quantitative estimate of drug-likeness (QED) is 0.763. The molecule has 0 bridgehead atoms. The molecule has 1 aromatic rings. The molecule has 4 rings (SSSR count). The third-order valence-corrected chi connectivity index (χ3v) is 5.43. The number of ether oxygens (including phenoxy) is 1. The fraction of sp³-hybridized carbons (Fsp3) is 0.556. The maximum Gasteiger partial charge on any atom is 0.262 e. The number of nitrogens with one attached hydrogen (secondary N) is 2. The lowest BCUT2D eigenvalue weighted by Crippen LogP contribution is -2.50. The van der Waals surface area contributed by atoms with E-state index in [4.69, 9.17) is 4.74 Å². The number of carbonyl (C=O) groups is 3. The van der Waals surface area contributed by atoms with Crippen LogP contribution >= 0.6 is 0 Å². The molecule has 0 saturated carbocycles. The van der Waals surface area contributed by atoms with E-state index in [0.29, 0.717) is 17.1 Å². The van der Waals surface area contributed by atoms with Crippen molar-refractivity contribution in [3.8, 4) is 5.88 Å². The first-order valence-electron chi connectivity index (χ1n) is 9.24. The Kier molecular flexibility index (Phi) is 4.69. The molecule has 1 atom stereocenters. The fourth-order valence-corrected chi connectivity index (χ4v) is 3.87. The highest BCUT2D eigenvalue weighted by atomic mass is 16.5. The average Bonchev–Trinajstić information content (AvgIpc) is 3.00. The molecule has 4 heterocycles. The summed E-state index contributed by atoms with van der Waals surface area (Å²) in [4.78, 5) is 44.2. The van der Waals surface area contributed by atoms with E-state index >= 15 is 0 Å². The zero-order valence-corrected chi connectivity index (χ0v) is 15.2. The normalized spacial score (nSPS) is 23.6. The molecule has 2 fully saturated rings. The number of likely N-dealkylation sites (tertiary alicyclic amines) is 2. The molecule has 0 radical (unpaired) electrons. The number of hydrogen-bond acceptors (Lipinski definition) is 6. The van der Waals surface area contributed by atoms with Gasteiger partial charge in [-0.1, -0.05) is 0 Å². The van der Waals surface area contributed by atoms with Crippen molar-refractivity contribution in [2.24, 2.45) is 0 Å². The SMILES string of the molecule is CN1CCC(N2CCC(NC(=O)c3cnc4c(c3)NC(=O)CO4)CC2)C1=O. The first-order valence-corrected chi connectivity index (χ1v) is 9.24. The summed E-state index contributed by atoms with van der Waals surface area (Å²) in [5.41, 5.74) is 0.798. The van der Waals surface area contributed by atoms with Crippen molar-refractivity contribution in [2.75, 3.05) is 38.6 Å². The Labute approximate surface area is 157 Å². The molecule has 2 N–H and O–H groups in total. The van der Waals surface area contributed by atoms with Crippen LogP contribution in [0.25, 0.3) is 0 Å². The number of rotatable bonds is 3. The predicted molar refractivity (Wildman–Crippen MR) is 96.5 cm³/mol. The fourth-order valence-electron chi connectivity index (χ4n) is 3.87. The number of hydrogen-bond donors (Lipinski definition) is 2. The Bertz CT molecular complexity index is 775. The monoisotopic (exact) mass is 373 g/mol. The average molecular weight is 373 g/mol. The number of carbonyl (C=O) groups excluding carboxylic acids is 3. The number of anilines is 1. The van der Waals surface area contributed by atoms with Crippen LogP contribution in [0, 0.1) is 0 Å². The van der Waals surface area contributed by atoms with Gasteiger partial charge in [0.2, 0.25) is 11.8 Å². The largest absolute Gasteiger partial charge is 0.466 e. The van der Waals surface area contributed by atoms with Gasteiger partial charge in [-0.25, -0.2) is 4.98 Å². The second kappa shape index (κ2) is 7.15. The zero-order valence-electron chi connectivity index (χ0n) is 15.2. The number of amides is 3. The highest BCUT2D eigenvalue weighted by Gasteiger charge is 2.36. The van der Waals surface area contributed by atoms with E-state index in [1.165, 1.54) is 6.20 Å². The molecule has 0 aliphatic carbocycles. The van der Waals surface area contributed by atoms with Gasteiger partial charge < -0.3 is 20.3 Å². The summed E-state index contributed by atoms with van der Waals surface area (Å²) < 4.78 is 5.21. The second-order valence-electron chi connectivity index (χ2n) is 7.26. The van der Waals surface area contributed by atoms with Gasteiger partial charge in [-0.05, 0) is 25.3 Å². The van der Waals surface area contributed by atoms with Gasteiger partial charge in [0.05, 0.1) is 11.6 Å². The smallest absolute Gasteiger partial charge is 0.262 e. The van der Waals surface area contributed by atoms with Crippen molar-refractivity contribution in [3.63, 3.8) is 0 Å². The summed E-state index contributed by atoms with van der Waals surface area (Å²) in [6.07, 6.45) is 3.93. The molecule has 9 heteroatoms. The molecule has 2 saturated heterocycles. The van der Waals surface area contributed by atoms with Crippen molar-refractivity contribution in [1.29, 1.82) is 0 Å². The molecule has 3 aliphatic rings. The van der Waals surface area contributed by atoms with Crippen LogP contribution in [-0.4, -0.2) is 77.9 Å². The summed E-state index contributed by atoms with van der Waals surface area (Å²) in [7, 11) is 1.84. The molecule has 1 unspecified atom stereocenters. The Morgan fingerprint density at radius 1 is 1.26 bits per heavy atom. The van der Waals surface area contributed by atoms with Crippen molar-refractivity contribution >= 4 is 23.4 Å². The van der Waals surface area contributed by atoms with E-state index in [0.717, 1.165) is 38.9 Å². The molecule has 0 spiro atoms. The van der Waals surface area contributed by atoms with Crippen LogP contribution in [0.5, 0.6) is 5.88 Å². The third kappa shape index (κ3) is 3.59. The van der Waals surface area contributed by atoms with Gasteiger partial charge in [0.25, 0.3) is 11.8 Å². The standard InChI is InChI=1S/C18H23N5O4/c1-22-5-4-14(18(22)26)23-6-2-12(3-7-23)20-16(25)11-8-13-17(19-9-11)27-10-15(24)21-13/h8-9,12,14H,2-7,10H2,1H3,(H,20,25)(H,21,24). The lowest BCUT2D eigenvalue weighted by molar-refractivity contribution is -0.131. The zero-order chi connectivity index (χ0) is 19.0. The molecular formula is C18H23N5O4. The van der Waals surface area contributed by atoms with Crippen LogP contribution in [0.3, 0.4) is 0 Å². The highest BCUT2D eigenvalue weighted by Crippen LogP contribution is 2.26. The second-order valence-corrected chi connectivity index (χ2v) is 7.26. The van der Waals surface area contributed by atoms with Gasteiger partial charge in [-0.15, -0.1) is 0 Å². The Hall–Kier alpha value is -2.68. The summed E-state index contributed by atoms with van der Waals surface area (Å²) in [6.45, 7) is 2.33. The van der Waals surface area contributed by atoms with Gasteiger partial charge in [0.15, 0.2) is 6.61 Å². The number of nitrogens with zero attached hydrogens (tertiary/aromatic N) is 3. The van der Waals surface area contributed by atoms with Crippen LogP contribution in [0.1, 0.15) is 29.6 Å². The molecule has 3 amide bonds. The van der Waals surface area contributed by atoms with E-state index in [1.807, 2.05) is 7.05 Å². The Morgan fingerprint density at radius 3 is 2.74 bits per heavy atom. The van der Waals surface area contributed by atoms with Crippen LogP contribution in [-0.2, 0) is 9.59 Å². The molecule has 3 aliphatic heterocycles. The molecule has 1 aromatic heterocycles. The first-order chi connectivity index (χ1) is 13.0. The summed E-state index contributed by atoms with van der Waals surface area (Å²) in [5, 5.41) is 5.68. The molecular weight excluding hydrogens is 350 g/mol. The third-order valence-electron chi connectivity index (χ3n) is 5.43. The molecule has 27 heavy (non-hydrogen) atoms. The molecule has 9 nitrogen and oxygen atoms in total. The summed E-state index contributed by atoms with van der Waals surface area (Å²) in [5.74, 6) is 0.0362. The van der Waals surface area contributed by atoms with Crippen LogP contribution in [0.2, 0.25) is 0 Å². The van der Waals surface area contributed by atoms with Gasteiger partial charge in [0, 0.05) is 38.9 Å². The highest BCUT2D eigenvalue weighted by molar-refractivity contribution is 5.99. The number of likely N-dealkylation sites (N-methyl/N-ethyl adjacent to an activating group) is 1. The topological polar surface area (TPSA) is 104 Å². The minimum atomic E-state index is -0.263. The predicted octanol–water partition coefficient (Wildman–Crippen LogP) is -0.163. The lowest BCUT2D eigenvalue weighted by atomic mass is 10.0. The van der Waals surface area contributed by atoms with E-state index in [2.05, 4.69) is 20.5 Å². The van der Waals surface area contributed by atoms with E-state index in [9.17, 15) is 14.4 Å². The van der Waals surface area contributed by atoms with Gasteiger partial charge in [-0.3, -0.25) is 19.3 Å². The van der Waals surface area contributed by atoms with Crippen molar-refractivity contribution < 1.29 is 19.1 Å². The number of aromatic nitrogens is 1. The van der Waals surface area contributed by atoms with Crippen LogP contribution in [0.15, 0.2) is 12.3 Å². The van der Waals surface area contributed by atoms with E-state index in [1.54, 1.807) is 11.0 Å². The van der Waals surface area contributed by atoms with Crippen LogP contribution in [0.4, 0.5) is 5.69 Å². The van der Waals surface area contributed by atoms with Crippen LogP contribution < -0.4 is 15.4 Å². The minimum absolute atomic E-state index is 0.0138. The first kappa shape index (κ1) is 17.7. The lowest BCUT2D eigenvalue weighted by Gasteiger charge is -2.35. The number of piperidine rings is 1. The van der Waals surface area contributed by atoms with Gasteiger partial charge >= 0.3 is 0 Å². The maximum absolute atomic E-state index is 12.5. The van der Waals surface area contributed by atoms with E-state index < -0.39 is 0 Å². The Balaban J connectivity index is 1.33. The summed E-state index contributed by atoms with van der Waals surface area (Å²) in [6, 6.07) is 1.63. The van der Waals surface area contributed by atoms with Gasteiger partial charge in [-0.2, -0.15) is 0 Å². The maximum atomic E-state index is 12.5. The van der Waals surface area contributed by atoms with Gasteiger partial charge in [0.1, 0.15) is 5.69 Å². The molecule has 144 valence electrons. The van der Waals surface area contributed by atoms with Crippen molar-refractivity contribution in [3.05, 3.63) is 17.8 Å². The van der Waals surface area contributed by atoms with E-state index in [-0.39, 0.29) is 36.4 Å². The number of fused-ring (bicyclic) bond motifs is 1. The van der Waals surface area contributed by atoms with Crippen molar-refractivity contribution in [1.82, 2.24) is 20.1 Å². The minimum Gasteiger partial charge on any atom is -0.466 e. The Morgan fingerprint density at radius 2 is 2.04 bits per heavy atom. The van der Waals surface area contributed by atoms with Crippen molar-refractivity contribution in [2.45, 2.75) is 31.3 Å². The molecule has 0 aromatic carbocycles. The summed E-state index contributed by atoms with van der Waals surface area (Å²) >= 11 is 0.